The van der Waals surface area contributed by atoms with Gasteiger partial charge in [-0.3, -0.25) is 9.78 Å². The number of sulfonamides is 1. The van der Waals surface area contributed by atoms with Crippen molar-refractivity contribution < 1.29 is 17.9 Å². The van der Waals surface area contributed by atoms with Crippen molar-refractivity contribution in [2.24, 2.45) is 0 Å². The lowest BCUT2D eigenvalue weighted by Gasteiger charge is -2.45. The van der Waals surface area contributed by atoms with Crippen LogP contribution in [0.2, 0.25) is 0 Å². The average molecular weight is 325 g/mol. The van der Waals surface area contributed by atoms with Gasteiger partial charge in [0.2, 0.25) is 10.0 Å². The summed E-state index contributed by atoms with van der Waals surface area (Å²) >= 11 is 0. The van der Waals surface area contributed by atoms with Crippen molar-refractivity contribution in [2.45, 2.75) is 18.6 Å². The van der Waals surface area contributed by atoms with Crippen LogP contribution in [0, 0.1) is 0 Å². The van der Waals surface area contributed by atoms with Crippen LogP contribution >= 0.6 is 0 Å². The molecule has 0 radical (unpaired) electrons. The molecule has 0 unspecified atom stereocenters. The molecule has 2 fully saturated rings. The molecule has 0 aliphatic carbocycles. The van der Waals surface area contributed by atoms with E-state index in [4.69, 9.17) is 4.74 Å². The lowest BCUT2D eigenvalue weighted by molar-refractivity contribution is -0.0704. The minimum absolute atomic E-state index is 0.120. The first-order chi connectivity index (χ1) is 10.5. The number of morpholine rings is 1. The van der Waals surface area contributed by atoms with Crippen LogP contribution in [0.1, 0.15) is 16.8 Å². The fourth-order valence-corrected chi connectivity index (χ4v) is 4.21. The minimum Gasteiger partial charge on any atom is -0.375 e. The van der Waals surface area contributed by atoms with E-state index in [1.54, 1.807) is 23.2 Å². The van der Waals surface area contributed by atoms with Crippen LogP contribution in [0.4, 0.5) is 0 Å². The van der Waals surface area contributed by atoms with Gasteiger partial charge in [0.15, 0.2) is 0 Å². The molecule has 22 heavy (non-hydrogen) atoms. The van der Waals surface area contributed by atoms with E-state index in [9.17, 15) is 13.2 Å². The molecule has 0 bridgehead atoms. The Hall–Kier alpha value is -1.51. The Bertz CT molecular complexity index is 649. The fourth-order valence-electron chi connectivity index (χ4n) is 3.11. The Balaban J connectivity index is 1.79. The molecule has 0 saturated carbocycles. The van der Waals surface area contributed by atoms with Crippen molar-refractivity contribution in [3.8, 4) is 0 Å². The van der Waals surface area contributed by atoms with Crippen LogP contribution in [0.15, 0.2) is 24.5 Å². The molecule has 2 saturated heterocycles. The maximum atomic E-state index is 12.5. The van der Waals surface area contributed by atoms with Crippen molar-refractivity contribution in [3.63, 3.8) is 0 Å². The van der Waals surface area contributed by atoms with E-state index >= 15 is 0 Å². The van der Waals surface area contributed by atoms with E-state index in [0.717, 1.165) is 0 Å². The number of carbonyl (C=O) groups excluding carboxylic acids is 1. The first-order valence-corrected chi connectivity index (χ1v) is 9.09. The maximum Gasteiger partial charge on any atom is 0.255 e. The van der Waals surface area contributed by atoms with Gasteiger partial charge in [-0.2, -0.15) is 4.31 Å². The summed E-state index contributed by atoms with van der Waals surface area (Å²) in [6.45, 7) is 1.66. The molecule has 7 nitrogen and oxygen atoms in total. The van der Waals surface area contributed by atoms with Gasteiger partial charge >= 0.3 is 0 Å². The van der Waals surface area contributed by atoms with Gasteiger partial charge in [0.1, 0.15) is 0 Å². The van der Waals surface area contributed by atoms with Crippen molar-refractivity contribution >= 4 is 15.9 Å². The van der Waals surface area contributed by atoms with Gasteiger partial charge in [0, 0.05) is 32.0 Å². The monoisotopic (exact) mass is 325 g/mol. The number of aromatic nitrogens is 1. The number of piperidine rings is 1. The predicted octanol–water partition coefficient (Wildman–Crippen LogP) is -0.0435. The molecule has 1 aromatic heterocycles. The number of nitrogens with zero attached hydrogens (tertiary/aromatic N) is 3. The largest absolute Gasteiger partial charge is 0.375 e. The second-order valence-corrected chi connectivity index (χ2v) is 7.57. The van der Waals surface area contributed by atoms with Crippen molar-refractivity contribution in [1.29, 1.82) is 0 Å². The summed E-state index contributed by atoms with van der Waals surface area (Å²) in [5.41, 5.74) is 0.517. The number of carbonyl (C=O) groups is 1. The lowest BCUT2D eigenvalue weighted by atomic mass is 10.00. The normalized spacial score (nSPS) is 26.5. The van der Waals surface area contributed by atoms with Crippen LogP contribution in [-0.4, -0.2) is 73.2 Å². The van der Waals surface area contributed by atoms with Gasteiger partial charge in [-0.05, 0) is 18.6 Å². The number of hydrogen-bond donors (Lipinski definition) is 0. The van der Waals surface area contributed by atoms with Gasteiger partial charge < -0.3 is 9.64 Å². The Morgan fingerprint density at radius 2 is 2.23 bits per heavy atom. The lowest BCUT2D eigenvalue weighted by Crippen LogP contribution is -2.61. The average Bonchev–Trinajstić information content (AvgIpc) is 2.53. The molecule has 8 heteroatoms. The summed E-state index contributed by atoms with van der Waals surface area (Å²) in [6, 6.07) is 3.12. The number of likely N-dealkylation sites (tertiary alicyclic amines) is 1. The highest BCUT2D eigenvalue weighted by Crippen LogP contribution is 2.25. The SMILES string of the molecule is CS(=O)(=O)N1CCO[C@H]2CCN(C(=O)c3cccnc3)C[C@@H]21. The quantitative estimate of drug-likeness (QED) is 0.762. The number of ether oxygens (including phenoxy) is 1. The van der Waals surface area contributed by atoms with Crippen LogP contribution in [0.3, 0.4) is 0 Å². The van der Waals surface area contributed by atoms with E-state index in [1.807, 2.05) is 0 Å². The number of pyridine rings is 1. The molecule has 1 aromatic rings. The van der Waals surface area contributed by atoms with Gasteiger partial charge in [-0.25, -0.2) is 8.42 Å². The van der Waals surface area contributed by atoms with E-state index in [0.29, 0.717) is 38.2 Å². The molecule has 120 valence electrons. The third-order valence-electron chi connectivity index (χ3n) is 4.16. The molecule has 2 aliphatic heterocycles. The van der Waals surface area contributed by atoms with Crippen LogP contribution in [0.25, 0.3) is 0 Å². The summed E-state index contributed by atoms with van der Waals surface area (Å²) in [5.74, 6) is -0.120. The zero-order valence-corrected chi connectivity index (χ0v) is 13.2. The van der Waals surface area contributed by atoms with Crippen molar-refractivity contribution in [3.05, 3.63) is 30.1 Å². The Morgan fingerprint density at radius 3 is 2.91 bits per heavy atom. The van der Waals surface area contributed by atoms with Gasteiger partial charge in [-0.15, -0.1) is 0 Å². The summed E-state index contributed by atoms with van der Waals surface area (Å²) in [5, 5.41) is 0. The van der Waals surface area contributed by atoms with E-state index in [1.165, 1.54) is 16.8 Å². The van der Waals surface area contributed by atoms with Crippen LogP contribution in [-0.2, 0) is 14.8 Å². The summed E-state index contributed by atoms with van der Waals surface area (Å²) in [6.07, 6.45) is 4.85. The molecule has 0 spiro atoms. The molecule has 3 rings (SSSR count). The zero-order chi connectivity index (χ0) is 15.7. The van der Waals surface area contributed by atoms with E-state index < -0.39 is 10.0 Å². The summed E-state index contributed by atoms with van der Waals surface area (Å²) < 4.78 is 31.0. The highest BCUT2D eigenvalue weighted by molar-refractivity contribution is 7.88. The Labute approximate surface area is 129 Å². The third-order valence-corrected chi connectivity index (χ3v) is 5.46. The van der Waals surface area contributed by atoms with Crippen molar-refractivity contribution in [2.75, 3.05) is 32.5 Å². The molecule has 2 aliphatic rings. The summed E-state index contributed by atoms with van der Waals surface area (Å²) in [4.78, 5) is 18.2. The number of fused-ring (bicyclic) bond motifs is 1. The topological polar surface area (TPSA) is 79.8 Å². The molecular formula is C14H19N3O4S. The van der Waals surface area contributed by atoms with Crippen LogP contribution in [0.5, 0.6) is 0 Å². The molecular weight excluding hydrogens is 306 g/mol. The van der Waals surface area contributed by atoms with Gasteiger partial charge in [0.05, 0.1) is 30.6 Å². The van der Waals surface area contributed by atoms with Gasteiger partial charge in [0.25, 0.3) is 5.91 Å². The van der Waals surface area contributed by atoms with Crippen LogP contribution < -0.4 is 0 Å². The second-order valence-electron chi connectivity index (χ2n) is 5.63. The highest BCUT2D eigenvalue weighted by atomic mass is 32.2. The number of amides is 1. The maximum absolute atomic E-state index is 12.5. The third kappa shape index (κ3) is 2.99. The fraction of sp³-hybridized carbons (Fsp3) is 0.571. The van der Waals surface area contributed by atoms with E-state index in [2.05, 4.69) is 4.98 Å². The Morgan fingerprint density at radius 1 is 1.41 bits per heavy atom. The predicted molar refractivity (Wildman–Crippen MR) is 79.8 cm³/mol. The van der Waals surface area contributed by atoms with E-state index in [-0.39, 0.29) is 18.1 Å². The first-order valence-electron chi connectivity index (χ1n) is 7.24. The number of hydrogen-bond acceptors (Lipinski definition) is 5. The Kier molecular flexibility index (Phi) is 4.16. The number of rotatable bonds is 2. The first kappa shape index (κ1) is 15.4. The molecule has 2 atom stereocenters. The molecule has 3 heterocycles. The zero-order valence-electron chi connectivity index (χ0n) is 12.4. The smallest absolute Gasteiger partial charge is 0.255 e. The molecule has 0 N–H and O–H groups in total. The minimum atomic E-state index is -3.31. The van der Waals surface area contributed by atoms with Crippen molar-refractivity contribution in [1.82, 2.24) is 14.2 Å². The summed E-state index contributed by atoms with van der Waals surface area (Å²) in [7, 11) is -3.31. The molecule has 1 amide bonds. The molecule has 0 aromatic carbocycles. The second kappa shape index (κ2) is 5.94. The standard InChI is InChI=1S/C14H19N3O4S/c1-22(19,20)17-7-8-21-13-4-6-16(10-12(13)17)14(18)11-3-2-5-15-9-11/h2-3,5,9,12-13H,4,6-8,10H2,1H3/t12-,13-/m0/s1. The highest BCUT2D eigenvalue weighted by Gasteiger charge is 2.42. The van der Waals surface area contributed by atoms with Gasteiger partial charge in [-0.1, -0.05) is 0 Å².